The first kappa shape index (κ1) is 19.1. The molecule has 5 N–H and O–H groups in total. The lowest BCUT2D eigenvalue weighted by Crippen LogP contribution is -2.26. The Bertz CT molecular complexity index is 739. The normalized spacial score (nSPS) is 10.6. The first-order valence-corrected chi connectivity index (χ1v) is 9.49. The van der Waals surface area contributed by atoms with Crippen molar-refractivity contribution in [1.82, 2.24) is 5.32 Å². The van der Waals surface area contributed by atoms with Gasteiger partial charge in [0.25, 0.3) is 0 Å². The molecule has 0 aliphatic rings. The molecule has 6 nitrogen and oxygen atoms in total. The van der Waals surface area contributed by atoms with Crippen LogP contribution >= 0.6 is 23.5 Å². The number of phenolic OH excluding ortho intramolecular Hbond substituents is 4. The van der Waals surface area contributed by atoms with Crippen molar-refractivity contribution in [3.63, 3.8) is 0 Å². The number of benzene rings is 2. The lowest BCUT2D eigenvalue weighted by Gasteiger charge is -2.07. The molecule has 8 heteroatoms. The van der Waals surface area contributed by atoms with E-state index in [1.807, 2.05) is 0 Å². The number of aromatic hydroxyl groups is 4. The Morgan fingerprint density at radius 3 is 2.00 bits per heavy atom. The molecule has 0 radical (unpaired) electrons. The van der Waals surface area contributed by atoms with Gasteiger partial charge in [0.05, 0.1) is 5.75 Å². The van der Waals surface area contributed by atoms with Crippen LogP contribution in [0.4, 0.5) is 0 Å². The minimum absolute atomic E-state index is 0.0197. The van der Waals surface area contributed by atoms with Gasteiger partial charge in [-0.15, -0.1) is 23.5 Å². The maximum atomic E-state index is 11.8. The Hall–Kier alpha value is -2.19. The molecule has 0 unspecified atom stereocenters. The molecule has 134 valence electrons. The van der Waals surface area contributed by atoms with E-state index in [-0.39, 0.29) is 34.7 Å². The van der Waals surface area contributed by atoms with Crippen LogP contribution in [0.1, 0.15) is 6.42 Å². The molecule has 0 atom stereocenters. The van der Waals surface area contributed by atoms with Gasteiger partial charge in [-0.05, 0) is 36.4 Å². The minimum Gasteiger partial charge on any atom is -0.508 e. The Morgan fingerprint density at radius 1 is 0.880 bits per heavy atom. The van der Waals surface area contributed by atoms with Gasteiger partial charge in [0.2, 0.25) is 5.91 Å². The Balaban J connectivity index is 1.63. The second kappa shape index (κ2) is 9.33. The average molecular weight is 381 g/mol. The number of nitrogens with one attached hydrogen (secondary N) is 1. The van der Waals surface area contributed by atoms with Crippen molar-refractivity contribution in [3.8, 4) is 23.0 Å². The molecule has 2 rings (SSSR count). The monoisotopic (exact) mass is 381 g/mol. The second-order valence-corrected chi connectivity index (χ2v) is 7.30. The van der Waals surface area contributed by atoms with E-state index >= 15 is 0 Å². The standard InChI is InChI=1S/C17H19NO5S2/c19-11-2-4-15(13(21)8-11)24-7-1-6-18-17(23)10-25-16-5-3-12(20)9-14(16)22/h2-5,8-9,19-22H,1,6-7,10H2,(H,18,23). The van der Waals surface area contributed by atoms with Gasteiger partial charge < -0.3 is 25.7 Å². The van der Waals surface area contributed by atoms with Crippen LogP contribution in [0.3, 0.4) is 0 Å². The molecule has 0 aliphatic heterocycles. The number of carbonyl (C=O) groups excluding carboxylic acids is 1. The highest BCUT2D eigenvalue weighted by Gasteiger charge is 2.07. The Morgan fingerprint density at radius 2 is 1.44 bits per heavy atom. The van der Waals surface area contributed by atoms with E-state index in [0.717, 1.165) is 6.42 Å². The summed E-state index contributed by atoms with van der Waals surface area (Å²) in [4.78, 5) is 13.0. The fourth-order valence-electron chi connectivity index (χ4n) is 1.93. The summed E-state index contributed by atoms with van der Waals surface area (Å²) in [5, 5.41) is 40.5. The lowest BCUT2D eigenvalue weighted by atomic mass is 10.3. The van der Waals surface area contributed by atoms with Crippen molar-refractivity contribution >= 4 is 29.4 Å². The summed E-state index contributed by atoms with van der Waals surface area (Å²) in [6, 6.07) is 8.70. The highest BCUT2D eigenvalue weighted by Crippen LogP contribution is 2.32. The van der Waals surface area contributed by atoms with Crippen LogP contribution in [0.2, 0.25) is 0 Å². The van der Waals surface area contributed by atoms with Crippen molar-refractivity contribution < 1.29 is 25.2 Å². The molecule has 2 aromatic carbocycles. The molecule has 0 fully saturated rings. The molecule has 1 amide bonds. The predicted molar refractivity (Wildman–Crippen MR) is 98.6 cm³/mol. The molecule has 0 spiro atoms. The highest BCUT2D eigenvalue weighted by atomic mass is 32.2. The van der Waals surface area contributed by atoms with E-state index < -0.39 is 0 Å². The number of phenols is 4. The van der Waals surface area contributed by atoms with E-state index in [1.54, 1.807) is 12.1 Å². The van der Waals surface area contributed by atoms with Crippen molar-refractivity contribution in [3.05, 3.63) is 36.4 Å². The molecule has 25 heavy (non-hydrogen) atoms. The fourth-order valence-corrected chi connectivity index (χ4v) is 3.57. The summed E-state index contributed by atoms with van der Waals surface area (Å²) in [5.74, 6) is 0.723. The zero-order chi connectivity index (χ0) is 18.2. The quantitative estimate of drug-likeness (QED) is 0.353. The third-order valence-corrected chi connectivity index (χ3v) is 5.36. The molecular weight excluding hydrogens is 362 g/mol. The van der Waals surface area contributed by atoms with Gasteiger partial charge in [-0.25, -0.2) is 0 Å². The summed E-state index contributed by atoms with van der Waals surface area (Å²) in [7, 11) is 0. The fraction of sp³-hybridized carbons (Fsp3) is 0.235. The van der Waals surface area contributed by atoms with Crippen molar-refractivity contribution in [2.75, 3.05) is 18.1 Å². The van der Waals surface area contributed by atoms with E-state index in [0.29, 0.717) is 22.1 Å². The zero-order valence-electron chi connectivity index (χ0n) is 13.3. The van der Waals surface area contributed by atoms with E-state index in [4.69, 9.17) is 0 Å². The number of thioether (sulfide) groups is 2. The summed E-state index contributed by atoms with van der Waals surface area (Å²) >= 11 is 2.64. The van der Waals surface area contributed by atoms with Crippen LogP contribution in [-0.2, 0) is 4.79 Å². The van der Waals surface area contributed by atoms with Gasteiger partial charge in [0.15, 0.2) is 0 Å². The summed E-state index contributed by atoms with van der Waals surface area (Å²) in [6.07, 6.45) is 0.728. The Kier molecular flexibility index (Phi) is 7.15. The molecule has 0 heterocycles. The van der Waals surface area contributed by atoms with Gasteiger partial charge in [-0.1, -0.05) is 0 Å². The maximum Gasteiger partial charge on any atom is 0.230 e. The maximum absolute atomic E-state index is 11.8. The van der Waals surface area contributed by atoms with Crippen molar-refractivity contribution in [1.29, 1.82) is 0 Å². The molecule has 0 aliphatic carbocycles. The number of hydrogen-bond acceptors (Lipinski definition) is 7. The number of amides is 1. The molecular formula is C17H19NO5S2. The topological polar surface area (TPSA) is 110 Å². The van der Waals surface area contributed by atoms with Gasteiger partial charge in [-0.2, -0.15) is 0 Å². The van der Waals surface area contributed by atoms with Gasteiger partial charge >= 0.3 is 0 Å². The number of rotatable bonds is 8. The van der Waals surface area contributed by atoms with E-state index in [2.05, 4.69) is 5.32 Å². The second-order valence-electron chi connectivity index (χ2n) is 5.14. The molecule has 0 saturated heterocycles. The van der Waals surface area contributed by atoms with Crippen LogP contribution in [0.5, 0.6) is 23.0 Å². The largest absolute Gasteiger partial charge is 0.508 e. The minimum atomic E-state index is -0.144. The van der Waals surface area contributed by atoms with E-state index in [9.17, 15) is 25.2 Å². The smallest absolute Gasteiger partial charge is 0.230 e. The van der Waals surface area contributed by atoms with Crippen molar-refractivity contribution in [2.24, 2.45) is 0 Å². The first-order valence-electron chi connectivity index (χ1n) is 7.52. The number of carbonyl (C=O) groups is 1. The molecule has 2 aromatic rings. The summed E-state index contributed by atoms with van der Waals surface area (Å²) in [5.41, 5.74) is 0. The van der Waals surface area contributed by atoms with Crippen LogP contribution in [0, 0.1) is 0 Å². The van der Waals surface area contributed by atoms with Crippen LogP contribution in [0.25, 0.3) is 0 Å². The number of hydrogen-bond donors (Lipinski definition) is 5. The highest BCUT2D eigenvalue weighted by molar-refractivity contribution is 8.00. The molecule has 0 saturated carbocycles. The Labute approximate surface area is 153 Å². The average Bonchev–Trinajstić information content (AvgIpc) is 2.55. The van der Waals surface area contributed by atoms with Crippen molar-refractivity contribution in [2.45, 2.75) is 16.2 Å². The lowest BCUT2D eigenvalue weighted by molar-refractivity contribution is -0.118. The van der Waals surface area contributed by atoms with Crippen LogP contribution < -0.4 is 5.32 Å². The van der Waals surface area contributed by atoms with Gasteiger partial charge in [-0.3, -0.25) is 4.79 Å². The molecule has 0 aromatic heterocycles. The third-order valence-electron chi connectivity index (χ3n) is 3.14. The van der Waals surface area contributed by atoms with Gasteiger partial charge in [0.1, 0.15) is 23.0 Å². The van der Waals surface area contributed by atoms with E-state index in [1.165, 1.54) is 47.8 Å². The molecule has 0 bridgehead atoms. The van der Waals surface area contributed by atoms with Gasteiger partial charge in [0, 0.05) is 28.5 Å². The van der Waals surface area contributed by atoms with Crippen LogP contribution in [-0.4, -0.2) is 44.4 Å². The summed E-state index contributed by atoms with van der Waals surface area (Å²) < 4.78 is 0. The van der Waals surface area contributed by atoms with Crippen LogP contribution in [0.15, 0.2) is 46.2 Å². The summed E-state index contributed by atoms with van der Waals surface area (Å²) in [6.45, 7) is 0.507. The third kappa shape index (κ3) is 6.32. The predicted octanol–water partition coefficient (Wildman–Crippen LogP) is 2.90. The SMILES string of the molecule is O=C(CSc1ccc(O)cc1O)NCCCSc1ccc(O)cc1O. The first-order chi connectivity index (χ1) is 12.0. The zero-order valence-corrected chi connectivity index (χ0v) is 14.9.